The fourth-order valence-corrected chi connectivity index (χ4v) is 2.44. The van der Waals surface area contributed by atoms with Crippen LogP contribution in [0.15, 0.2) is 48.8 Å². The molecule has 0 aliphatic carbocycles. The molecule has 5 nitrogen and oxygen atoms in total. The van der Waals surface area contributed by atoms with Gasteiger partial charge in [-0.3, -0.25) is 9.20 Å². The Balaban J connectivity index is 1.72. The van der Waals surface area contributed by atoms with Crippen LogP contribution in [0.2, 0.25) is 0 Å². The van der Waals surface area contributed by atoms with Crippen LogP contribution in [0.3, 0.4) is 0 Å². The van der Waals surface area contributed by atoms with E-state index in [9.17, 15) is 4.79 Å². The molecular weight excluding hydrogens is 288 g/mol. The molecule has 0 radical (unpaired) electrons. The molecule has 2 aromatic heterocycles. The van der Waals surface area contributed by atoms with Gasteiger partial charge >= 0.3 is 0 Å². The van der Waals surface area contributed by atoms with Crippen LogP contribution in [-0.4, -0.2) is 29.4 Å². The Kier molecular flexibility index (Phi) is 4.02. The first-order chi connectivity index (χ1) is 11.0. The molecule has 2 heterocycles. The molecule has 3 rings (SSSR count). The van der Waals surface area contributed by atoms with Crippen molar-refractivity contribution in [3.63, 3.8) is 0 Å². The zero-order valence-electron chi connectivity index (χ0n) is 13.6. The number of benzene rings is 1. The van der Waals surface area contributed by atoms with Crippen molar-refractivity contribution in [2.45, 2.75) is 13.5 Å². The Morgan fingerprint density at radius 2 is 1.91 bits per heavy atom. The number of anilines is 1. The lowest BCUT2D eigenvalue weighted by Crippen LogP contribution is -2.24. The number of hydrogen-bond acceptors (Lipinski definition) is 3. The lowest BCUT2D eigenvalue weighted by Gasteiger charge is -2.13. The molecule has 1 N–H and O–H groups in total. The number of pyridine rings is 1. The number of carbonyl (C=O) groups is 1. The van der Waals surface area contributed by atoms with Gasteiger partial charge in [-0.05, 0) is 36.2 Å². The molecule has 118 valence electrons. The van der Waals surface area contributed by atoms with Crippen molar-refractivity contribution in [3.8, 4) is 0 Å². The highest BCUT2D eigenvalue weighted by Crippen LogP contribution is 2.13. The van der Waals surface area contributed by atoms with Gasteiger partial charge in [-0.1, -0.05) is 18.2 Å². The molecule has 0 spiro atoms. The van der Waals surface area contributed by atoms with Crippen LogP contribution in [0.1, 0.15) is 21.6 Å². The van der Waals surface area contributed by atoms with E-state index < -0.39 is 0 Å². The number of hydrogen-bond donors (Lipinski definition) is 1. The maximum atomic E-state index is 12.4. The number of nitrogens with zero attached hydrogens (tertiary/aromatic N) is 3. The summed E-state index contributed by atoms with van der Waals surface area (Å²) in [6.45, 7) is 2.49. The average molecular weight is 308 g/mol. The highest BCUT2D eigenvalue weighted by molar-refractivity contribution is 5.93. The maximum absolute atomic E-state index is 12.4. The first kappa shape index (κ1) is 15.1. The summed E-state index contributed by atoms with van der Waals surface area (Å²) in [7, 11) is 4.01. The predicted octanol–water partition coefficient (Wildman–Crippen LogP) is 2.64. The zero-order chi connectivity index (χ0) is 16.4. The molecule has 0 bridgehead atoms. The van der Waals surface area contributed by atoms with Crippen molar-refractivity contribution in [3.05, 3.63) is 65.6 Å². The smallest absolute Gasteiger partial charge is 0.270 e. The molecular formula is C18H20N4O. The van der Waals surface area contributed by atoms with Crippen molar-refractivity contribution < 1.29 is 4.79 Å². The molecule has 0 saturated carbocycles. The van der Waals surface area contributed by atoms with Crippen LogP contribution < -0.4 is 10.2 Å². The summed E-state index contributed by atoms with van der Waals surface area (Å²) in [6.07, 6.45) is 3.53. The SMILES string of the molecule is Cc1ccc2ncc(C(=O)NCc3ccc(N(C)C)cc3)n2c1. The van der Waals surface area contributed by atoms with Crippen LogP contribution in [0.4, 0.5) is 5.69 Å². The molecule has 0 atom stereocenters. The average Bonchev–Trinajstić information content (AvgIpc) is 2.96. The van der Waals surface area contributed by atoms with Gasteiger partial charge in [0.15, 0.2) is 0 Å². The molecule has 1 aromatic carbocycles. The fourth-order valence-electron chi connectivity index (χ4n) is 2.44. The van der Waals surface area contributed by atoms with Crippen molar-refractivity contribution in [2.24, 2.45) is 0 Å². The first-order valence-corrected chi connectivity index (χ1v) is 7.53. The molecule has 23 heavy (non-hydrogen) atoms. The third-order valence-electron chi connectivity index (χ3n) is 3.79. The standard InChI is InChI=1S/C18H20N4O/c1-13-4-9-17-19-11-16(22(17)12-13)18(23)20-10-14-5-7-15(8-6-14)21(2)3/h4-9,11-12H,10H2,1-3H3,(H,20,23). The van der Waals surface area contributed by atoms with E-state index in [4.69, 9.17) is 0 Å². The minimum Gasteiger partial charge on any atom is -0.378 e. The van der Waals surface area contributed by atoms with Gasteiger partial charge in [0.1, 0.15) is 11.3 Å². The van der Waals surface area contributed by atoms with Gasteiger partial charge < -0.3 is 10.2 Å². The fraction of sp³-hybridized carbons (Fsp3) is 0.222. The van der Waals surface area contributed by atoms with E-state index in [0.717, 1.165) is 22.5 Å². The van der Waals surface area contributed by atoms with Crippen molar-refractivity contribution in [1.29, 1.82) is 0 Å². The van der Waals surface area contributed by atoms with E-state index >= 15 is 0 Å². The van der Waals surface area contributed by atoms with Crippen LogP contribution in [0.5, 0.6) is 0 Å². The number of rotatable bonds is 4. The second-order valence-electron chi connectivity index (χ2n) is 5.82. The van der Waals surface area contributed by atoms with Gasteiger partial charge in [-0.25, -0.2) is 4.98 Å². The van der Waals surface area contributed by atoms with E-state index in [1.54, 1.807) is 6.20 Å². The number of imidazole rings is 1. The monoisotopic (exact) mass is 308 g/mol. The van der Waals surface area contributed by atoms with Gasteiger partial charge in [0.2, 0.25) is 0 Å². The van der Waals surface area contributed by atoms with Crippen LogP contribution in [0, 0.1) is 6.92 Å². The van der Waals surface area contributed by atoms with Crippen LogP contribution in [0.25, 0.3) is 5.65 Å². The van der Waals surface area contributed by atoms with Crippen molar-refractivity contribution >= 4 is 17.2 Å². The van der Waals surface area contributed by atoms with E-state index in [2.05, 4.69) is 10.3 Å². The normalized spacial score (nSPS) is 10.7. The van der Waals surface area contributed by atoms with Gasteiger partial charge in [0, 0.05) is 32.5 Å². The number of carbonyl (C=O) groups excluding carboxylic acids is 1. The van der Waals surface area contributed by atoms with Gasteiger partial charge in [-0.2, -0.15) is 0 Å². The molecule has 1 amide bonds. The molecule has 0 aliphatic rings. The molecule has 3 aromatic rings. The third kappa shape index (κ3) is 3.18. The highest BCUT2D eigenvalue weighted by Gasteiger charge is 2.11. The largest absolute Gasteiger partial charge is 0.378 e. The summed E-state index contributed by atoms with van der Waals surface area (Å²) < 4.78 is 1.82. The van der Waals surface area contributed by atoms with E-state index in [1.807, 2.05) is 72.9 Å². The second-order valence-corrected chi connectivity index (χ2v) is 5.82. The minimum absolute atomic E-state index is 0.125. The number of aryl methyl sites for hydroxylation is 1. The minimum atomic E-state index is -0.125. The quantitative estimate of drug-likeness (QED) is 0.806. The number of nitrogens with one attached hydrogen (secondary N) is 1. The van der Waals surface area contributed by atoms with Gasteiger partial charge in [0.05, 0.1) is 6.20 Å². The molecule has 0 unspecified atom stereocenters. The summed E-state index contributed by atoms with van der Waals surface area (Å²) in [4.78, 5) is 18.7. The second kappa shape index (κ2) is 6.12. The zero-order valence-corrected chi connectivity index (χ0v) is 13.6. The van der Waals surface area contributed by atoms with Crippen molar-refractivity contribution in [2.75, 3.05) is 19.0 Å². The van der Waals surface area contributed by atoms with E-state index in [-0.39, 0.29) is 5.91 Å². The molecule has 0 aliphatic heterocycles. The number of fused-ring (bicyclic) bond motifs is 1. The Morgan fingerprint density at radius 3 is 2.61 bits per heavy atom. The predicted molar refractivity (Wildman–Crippen MR) is 91.9 cm³/mol. The molecule has 0 fully saturated rings. The topological polar surface area (TPSA) is 49.6 Å². The van der Waals surface area contributed by atoms with Gasteiger partial charge in [-0.15, -0.1) is 0 Å². The first-order valence-electron chi connectivity index (χ1n) is 7.53. The van der Waals surface area contributed by atoms with Crippen LogP contribution in [-0.2, 0) is 6.54 Å². The Bertz CT molecular complexity index is 834. The highest BCUT2D eigenvalue weighted by atomic mass is 16.1. The van der Waals surface area contributed by atoms with E-state index in [1.165, 1.54) is 0 Å². The lowest BCUT2D eigenvalue weighted by molar-refractivity contribution is 0.0945. The number of aromatic nitrogens is 2. The molecule has 5 heteroatoms. The summed E-state index contributed by atoms with van der Waals surface area (Å²) in [5.74, 6) is -0.125. The Labute approximate surface area is 135 Å². The summed E-state index contributed by atoms with van der Waals surface area (Å²) in [5.41, 5.74) is 4.61. The summed E-state index contributed by atoms with van der Waals surface area (Å²) in [5, 5.41) is 2.95. The summed E-state index contributed by atoms with van der Waals surface area (Å²) >= 11 is 0. The Hall–Kier alpha value is -2.82. The van der Waals surface area contributed by atoms with Crippen molar-refractivity contribution in [1.82, 2.24) is 14.7 Å². The van der Waals surface area contributed by atoms with Crippen LogP contribution >= 0.6 is 0 Å². The maximum Gasteiger partial charge on any atom is 0.270 e. The number of amides is 1. The molecule has 0 saturated heterocycles. The van der Waals surface area contributed by atoms with E-state index in [0.29, 0.717) is 12.2 Å². The third-order valence-corrected chi connectivity index (χ3v) is 3.79. The summed E-state index contributed by atoms with van der Waals surface area (Å²) in [6, 6.07) is 12.0. The Morgan fingerprint density at radius 1 is 1.17 bits per heavy atom. The van der Waals surface area contributed by atoms with Gasteiger partial charge in [0.25, 0.3) is 5.91 Å². The lowest BCUT2D eigenvalue weighted by atomic mass is 10.2.